The summed E-state index contributed by atoms with van der Waals surface area (Å²) in [6, 6.07) is 0. The first-order valence-electron chi connectivity index (χ1n) is 4.99. The van der Waals surface area contributed by atoms with E-state index in [1.165, 1.54) is 6.92 Å². The van der Waals surface area contributed by atoms with Crippen LogP contribution >= 0.6 is 0 Å². The second-order valence-corrected chi connectivity index (χ2v) is 6.22. The predicted molar refractivity (Wildman–Crippen MR) is 56.3 cm³/mol. The first-order valence-corrected chi connectivity index (χ1v) is 6.95. The molecule has 1 saturated heterocycles. The summed E-state index contributed by atoms with van der Waals surface area (Å²) < 4.78 is 27.5. The topological polar surface area (TPSA) is 72.5 Å². The summed E-state index contributed by atoms with van der Waals surface area (Å²) in [6.07, 6.45) is 3.03. The lowest BCUT2D eigenvalue weighted by Gasteiger charge is -2.13. The Hall–Kier alpha value is -0.620. The summed E-state index contributed by atoms with van der Waals surface area (Å²) in [5.41, 5.74) is 0. The van der Waals surface area contributed by atoms with Crippen LogP contribution in [-0.4, -0.2) is 45.1 Å². The monoisotopic (exact) mass is 235 g/mol. The molecular weight excluding hydrogens is 218 g/mol. The molecule has 0 radical (unpaired) electrons. The van der Waals surface area contributed by atoms with Crippen molar-refractivity contribution in [1.82, 2.24) is 5.32 Å². The number of ether oxygens (including phenoxy) is 1. The van der Waals surface area contributed by atoms with E-state index >= 15 is 0 Å². The van der Waals surface area contributed by atoms with Gasteiger partial charge in [0.05, 0.1) is 6.10 Å². The van der Waals surface area contributed by atoms with Gasteiger partial charge in [-0.1, -0.05) is 0 Å². The minimum Gasteiger partial charge on any atom is -0.376 e. The van der Waals surface area contributed by atoms with Gasteiger partial charge in [0.2, 0.25) is 5.91 Å². The molecule has 1 amide bonds. The van der Waals surface area contributed by atoms with Gasteiger partial charge in [-0.25, -0.2) is 8.42 Å². The zero-order valence-corrected chi connectivity index (χ0v) is 9.84. The van der Waals surface area contributed by atoms with Crippen molar-refractivity contribution < 1.29 is 17.9 Å². The van der Waals surface area contributed by atoms with Crippen molar-refractivity contribution in [2.75, 3.05) is 19.4 Å². The molecular formula is C9H17NO4S. The van der Waals surface area contributed by atoms with Crippen molar-refractivity contribution in [1.29, 1.82) is 0 Å². The highest BCUT2D eigenvalue weighted by Crippen LogP contribution is 2.10. The Morgan fingerprint density at radius 1 is 1.60 bits per heavy atom. The molecule has 88 valence electrons. The van der Waals surface area contributed by atoms with Crippen LogP contribution in [0.15, 0.2) is 0 Å². The fourth-order valence-electron chi connectivity index (χ4n) is 1.36. The lowest BCUT2D eigenvalue weighted by atomic mass is 10.2. The molecule has 5 nitrogen and oxygen atoms in total. The normalized spacial score (nSPS) is 23.7. The lowest BCUT2D eigenvalue weighted by molar-refractivity contribution is -0.120. The van der Waals surface area contributed by atoms with E-state index in [-0.39, 0.29) is 6.10 Å². The Labute approximate surface area is 90.1 Å². The van der Waals surface area contributed by atoms with Crippen molar-refractivity contribution in [2.45, 2.75) is 31.1 Å². The highest BCUT2D eigenvalue weighted by molar-refractivity contribution is 7.92. The van der Waals surface area contributed by atoms with E-state index in [0.29, 0.717) is 6.54 Å². The maximum atomic E-state index is 11.4. The van der Waals surface area contributed by atoms with Crippen molar-refractivity contribution in [3.63, 3.8) is 0 Å². The van der Waals surface area contributed by atoms with Crippen LogP contribution in [-0.2, 0) is 19.4 Å². The molecule has 0 aromatic rings. The van der Waals surface area contributed by atoms with Gasteiger partial charge in [0, 0.05) is 19.4 Å². The Morgan fingerprint density at radius 2 is 2.27 bits per heavy atom. The number of carbonyl (C=O) groups excluding carboxylic acids is 1. The van der Waals surface area contributed by atoms with E-state index in [9.17, 15) is 13.2 Å². The van der Waals surface area contributed by atoms with E-state index in [1.54, 1.807) is 0 Å². The number of hydrogen-bond donors (Lipinski definition) is 1. The Kier molecular flexibility index (Phi) is 4.10. The molecule has 0 aliphatic carbocycles. The van der Waals surface area contributed by atoms with Gasteiger partial charge in [0.15, 0.2) is 9.84 Å². The van der Waals surface area contributed by atoms with Gasteiger partial charge in [-0.15, -0.1) is 0 Å². The third kappa shape index (κ3) is 3.79. The third-order valence-corrected chi connectivity index (χ3v) is 4.04. The maximum absolute atomic E-state index is 11.4. The minimum atomic E-state index is -3.30. The molecule has 1 N–H and O–H groups in total. The van der Waals surface area contributed by atoms with Crippen LogP contribution in [0.1, 0.15) is 19.8 Å². The zero-order chi connectivity index (χ0) is 11.5. The van der Waals surface area contributed by atoms with E-state index in [2.05, 4.69) is 5.32 Å². The molecule has 0 bridgehead atoms. The highest BCUT2D eigenvalue weighted by atomic mass is 32.2. The number of rotatable bonds is 4. The number of sulfone groups is 1. The summed E-state index contributed by atoms with van der Waals surface area (Å²) in [5, 5.41) is 1.60. The van der Waals surface area contributed by atoms with Gasteiger partial charge in [-0.2, -0.15) is 0 Å². The maximum Gasteiger partial charge on any atom is 0.238 e. The number of nitrogens with one attached hydrogen (secondary N) is 1. The third-order valence-electron chi connectivity index (χ3n) is 2.54. The van der Waals surface area contributed by atoms with E-state index in [1.807, 2.05) is 0 Å². The van der Waals surface area contributed by atoms with Gasteiger partial charge in [0.1, 0.15) is 5.25 Å². The molecule has 0 aromatic heterocycles. The number of amides is 1. The van der Waals surface area contributed by atoms with Crippen LogP contribution in [0.5, 0.6) is 0 Å². The standard InChI is InChI=1S/C9H17NO4S/c1-7(15(2,12)13)9(11)10-6-8-4-3-5-14-8/h7-8H,3-6H2,1-2H3,(H,10,11)/t7-,8-/m0/s1. The van der Waals surface area contributed by atoms with Crippen LogP contribution < -0.4 is 5.32 Å². The molecule has 1 heterocycles. The van der Waals surface area contributed by atoms with Crippen LogP contribution in [0.25, 0.3) is 0 Å². The summed E-state index contributed by atoms with van der Waals surface area (Å²) in [4.78, 5) is 11.4. The fraction of sp³-hybridized carbons (Fsp3) is 0.889. The van der Waals surface area contributed by atoms with Crippen molar-refractivity contribution >= 4 is 15.7 Å². The van der Waals surface area contributed by atoms with Gasteiger partial charge in [-0.05, 0) is 19.8 Å². The number of carbonyl (C=O) groups is 1. The van der Waals surface area contributed by atoms with Crippen LogP contribution in [0.4, 0.5) is 0 Å². The average molecular weight is 235 g/mol. The second-order valence-electron chi connectivity index (χ2n) is 3.85. The minimum absolute atomic E-state index is 0.0423. The van der Waals surface area contributed by atoms with Crippen molar-refractivity contribution in [2.24, 2.45) is 0 Å². The largest absolute Gasteiger partial charge is 0.376 e. The van der Waals surface area contributed by atoms with Gasteiger partial charge in [0.25, 0.3) is 0 Å². The van der Waals surface area contributed by atoms with Crippen molar-refractivity contribution in [3.8, 4) is 0 Å². The predicted octanol–water partition coefficient (Wildman–Crippen LogP) is -0.285. The van der Waals surface area contributed by atoms with Crippen LogP contribution in [0, 0.1) is 0 Å². The van der Waals surface area contributed by atoms with E-state index in [4.69, 9.17) is 4.74 Å². The Morgan fingerprint density at radius 3 is 2.73 bits per heavy atom. The molecule has 1 aliphatic rings. The molecule has 0 spiro atoms. The highest BCUT2D eigenvalue weighted by Gasteiger charge is 2.24. The molecule has 2 atom stereocenters. The van der Waals surface area contributed by atoms with Crippen molar-refractivity contribution in [3.05, 3.63) is 0 Å². The van der Waals surface area contributed by atoms with Gasteiger partial charge in [-0.3, -0.25) is 4.79 Å². The summed E-state index contributed by atoms with van der Waals surface area (Å²) in [7, 11) is -3.30. The molecule has 1 fully saturated rings. The molecule has 1 rings (SSSR count). The Bertz CT molecular complexity index is 319. The summed E-state index contributed by atoms with van der Waals surface area (Å²) in [6.45, 7) is 2.51. The molecule has 6 heteroatoms. The number of hydrogen-bond acceptors (Lipinski definition) is 4. The van der Waals surface area contributed by atoms with Crippen LogP contribution in [0.2, 0.25) is 0 Å². The first kappa shape index (κ1) is 12.4. The lowest BCUT2D eigenvalue weighted by Crippen LogP contribution is -2.40. The first-order chi connectivity index (χ1) is 6.91. The average Bonchev–Trinajstić information content (AvgIpc) is 2.63. The Balaban J connectivity index is 2.35. The quantitative estimate of drug-likeness (QED) is 0.727. The molecule has 0 aromatic carbocycles. The van der Waals surface area contributed by atoms with E-state index < -0.39 is 21.0 Å². The molecule has 15 heavy (non-hydrogen) atoms. The molecule has 1 aliphatic heterocycles. The summed E-state index contributed by atoms with van der Waals surface area (Å²) in [5.74, 6) is -0.451. The summed E-state index contributed by atoms with van der Waals surface area (Å²) >= 11 is 0. The zero-order valence-electron chi connectivity index (χ0n) is 9.02. The fourth-order valence-corrected chi connectivity index (χ4v) is 1.83. The SMILES string of the molecule is C[C@@H](C(=O)NC[C@@H]1CCCO1)S(C)(=O)=O. The van der Waals surface area contributed by atoms with E-state index in [0.717, 1.165) is 25.7 Å². The second kappa shape index (κ2) is 4.94. The molecule has 0 unspecified atom stereocenters. The van der Waals surface area contributed by atoms with Crippen LogP contribution in [0.3, 0.4) is 0 Å². The molecule has 0 saturated carbocycles. The van der Waals surface area contributed by atoms with Gasteiger partial charge < -0.3 is 10.1 Å². The van der Waals surface area contributed by atoms with Gasteiger partial charge >= 0.3 is 0 Å². The smallest absolute Gasteiger partial charge is 0.238 e.